The van der Waals surface area contributed by atoms with Gasteiger partial charge in [0, 0.05) is 10.1 Å². The Hall–Kier alpha value is -0.300. The van der Waals surface area contributed by atoms with Crippen molar-refractivity contribution in [3.63, 3.8) is 0 Å². The van der Waals surface area contributed by atoms with Crippen molar-refractivity contribution in [2.75, 3.05) is 0 Å². The minimum Gasteiger partial charge on any atom is -0.326 e. The van der Waals surface area contributed by atoms with Gasteiger partial charge in [0.2, 0.25) is 0 Å². The van der Waals surface area contributed by atoms with Crippen LogP contribution >= 0.6 is 22.6 Å². The molecule has 0 aliphatic rings. The van der Waals surface area contributed by atoms with Crippen LogP contribution in [0.15, 0.2) is 24.3 Å². The van der Waals surface area contributed by atoms with E-state index in [1.165, 1.54) is 9.13 Å². The van der Waals surface area contributed by atoms with Crippen LogP contribution in [0.4, 0.5) is 13.2 Å². The predicted molar refractivity (Wildman–Crippen MR) is 54.2 cm³/mol. The number of rotatable bonds is 1. The topological polar surface area (TPSA) is 26.0 Å². The number of nitrogens with two attached hydrogens (primary N) is 1. The molecule has 0 atom stereocenters. The zero-order chi connectivity index (χ0) is 10.3. The van der Waals surface area contributed by atoms with Crippen molar-refractivity contribution < 1.29 is 13.2 Å². The fourth-order valence-corrected chi connectivity index (χ4v) is 1.27. The van der Waals surface area contributed by atoms with Gasteiger partial charge in [-0.25, -0.2) is 0 Å². The molecule has 1 rings (SSSR count). The summed E-state index contributed by atoms with van der Waals surface area (Å²) in [5.41, 5.74) is 6.61. The highest BCUT2D eigenvalue weighted by Crippen LogP contribution is 2.06. The van der Waals surface area contributed by atoms with E-state index >= 15 is 0 Å². The Bertz CT molecular complexity index is 240. The van der Waals surface area contributed by atoms with E-state index in [4.69, 9.17) is 5.73 Å². The van der Waals surface area contributed by atoms with Crippen molar-refractivity contribution in [3.8, 4) is 0 Å². The summed E-state index contributed by atoms with van der Waals surface area (Å²) >= 11 is 2.27. The predicted octanol–water partition coefficient (Wildman–Crippen LogP) is 2.93. The van der Waals surface area contributed by atoms with E-state index in [0.29, 0.717) is 6.54 Å². The molecule has 2 N–H and O–H groups in total. The molecule has 13 heavy (non-hydrogen) atoms. The average Bonchev–Trinajstić information content (AvgIpc) is 2.03. The molecular formula is C8H9F3IN. The van der Waals surface area contributed by atoms with Gasteiger partial charge in [-0.1, -0.05) is 12.1 Å². The Morgan fingerprint density at radius 3 is 2.15 bits per heavy atom. The number of benzene rings is 1. The molecule has 0 aromatic heterocycles. The Kier molecular flexibility index (Phi) is 6.97. The van der Waals surface area contributed by atoms with Crippen LogP contribution < -0.4 is 5.73 Å². The standard InChI is InChI=1S/C7H8IN.CHF3/c8-7-3-1-2-6(4-7)5-9;2-1(3)4/h1-4H,5,9H2;1H. The summed E-state index contributed by atoms with van der Waals surface area (Å²) in [5.74, 6) is 0. The molecule has 5 heteroatoms. The Morgan fingerprint density at radius 2 is 1.85 bits per heavy atom. The summed E-state index contributed by atoms with van der Waals surface area (Å²) in [4.78, 5) is 0. The molecular weight excluding hydrogens is 294 g/mol. The smallest absolute Gasteiger partial charge is 0.326 e. The first kappa shape index (κ1) is 12.7. The molecule has 1 aromatic rings. The molecule has 0 spiro atoms. The monoisotopic (exact) mass is 303 g/mol. The van der Waals surface area contributed by atoms with Crippen LogP contribution in [0.1, 0.15) is 5.56 Å². The molecule has 0 heterocycles. The minimum atomic E-state index is -3.67. The van der Waals surface area contributed by atoms with E-state index in [9.17, 15) is 13.2 Å². The lowest BCUT2D eigenvalue weighted by molar-refractivity contribution is 0.00819. The van der Waals surface area contributed by atoms with Gasteiger partial charge in [-0.2, -0.15) is 13.2 Å². The van der Waals surface area contributed by atoms with Gasteiger partial charge in [-0.3, -0.25) is 0 Å². The second kappa shape index (κ2) is 7.14. The van der Waals surface area contributed by atoms with Gasteiger partial charge in [-0.15, -0.1) is 0 Å². The highest BCUT2D eigenvalue weighted by molar-refractivity contribution is 14.1. The van der Waals surface area contributed by atoms with Crippen molar-refractivity contribution in [2.24, 2.45) is 5.73 Å². The second-order valence-electron chi connectivity index (χ2n) is 2.08. The van der Waals surface area contributed by atoms with Crippen LogP contribution in [-0.2, 0) is 6.54 Å². The minimum absolute atomic E-state index is 0.636. The molecule has 0 saturated carbocycles. The van der Waals surface area contributed by atoms with Crippen molar-refractivity contribution in [1.29, 1.82) is 0 Å². The van der Waals surface area contributed by atoms with Crippen LogP contribution in [0, 0.1) is 3.57 Å². The number of hydrogen-bond donors (Lipinski definition) is 1. The van der Waals surface area contributed by atoms with Crippen molar-refractivity contribution >= 4 is 22.6 Å². The SMILES string of the molecule is FC(F)F.NCc1cccc(I)c1. The maximum absolute atomic E-state index is 9.67. The van der Waals surface area contributed by atoms with Crippen molar-refractivity contribution in [3.05, 3.63) is 33.4 Å². The van der Waals surface area contributed by atoms with E-state index < -0.39 is 6.68 Å². The fraction of sp³-hybridized carbons (Fsp3) is 0.250. The van der Waals surface area contributed by atoms with Crippen molar-refractivity contribution in [2.45, 2.75) is 13.2 Å². The first-order valence-corrected chi connectivity index (χ1v) is 4.51. The van der Waals surface area contributed by atoms with Gasteiger partial charge in [0.15, 0.2) is 0 Å². The maximum atomic E-state index is 9.67. The number of alkyl halides is 3. The third kappa shape index (κ3) is 8.04. The quantitative estimate of drug-likeness (QED) is 0.793. The highest BCUT2D eigenvalue weighted by atomic mass is 127. The number of hydrogen-bond acceptors (Lipinski definition) is 1. The molecule has 1 aromatic carbocycles. The summed E-state index contributed by atoms with van der Waals surface area (Å²) in [6.07, 6.45) is 0. The molecule has 0 radical (unpaired) electrons. The zero-order valence-corrected chi connectivity index (χ0v) is 8.84. The van der Waals surface area contributed by atoms with E-state index in [-0.39, 0.29) is 0 Å². The van der Waals surface area contributed by atoms with Gasteiger partial charge >= 0.3 is 6.68 Å². The van der Waals surface area contributed by atoms with E-state index in [0.717, 1.165) is 0 Å². The van der Waals surface area contributed by atoms with E-state index in [2.05, 4.69) is 34.7 Å². The van der Waals surface area contributed by atoms with Gasteiger partial charge < -0.3 is 5.73 Å². The number of halogens is 4. The molecule has 0 aliphatic heterocycles. The molecule has 0 amide bonds. The van der Waals surface area contributed by atoms with Gasteiger partial charge in [0.25, 0.3) is 0 Å². The van der Waals surface area contributed by atoms with Crippen LogP contribution in [0.2, 0.25) is 0 Å². The summed E-state index contributed by atoms with van der Waals surface area (Å²) in [6.45, 7) is -3.03. The van der Waals surface area contributed by atoms with Gasteiger partial charge in [-0.05, 0) is 40.3 Å². The Labute approximate surface area is 88.3 Å². The van der Waals surface area contributed by atoms with Gasteiger partial charge in [0.1, 0.15) is 0 Å². The first-order valence-electron chi connectivity index (χ1n) is 3.43. The molecule has 0 saturated heterocycles. The Morgan fingerprint density at radius 1 is 1.31 bits per heavy atom. The van der Waals surface area contributed by atoms with E-state index in [1.54, 1.807) is 0 Å². The second-order valence-corrected chi connectivity index (χ2v) is 3.33. The summed E-state index contributed by atoms with van der Waals surface area (Å²) in [5, 5.41) is 0. The lowest BCUT2D eigenvalue weighted by Crippen LogP contribution is -1.95. The molecule has 1 nitrogen and oxygen atoms in total. The molecule has 0 fully saturated rings. The van der Waals surface area contributed by atoms with Crippen LogP contribution in [0.5, 0.6) is 0 Å². The summed E-state index contributed by atoms with van der Waals surface area (Å²) in [7, 11) is 0. The van der Waals surface area contributed by atoms with Crippen molar-refractivity contribution in [1.82, 2.24) is 0 Å². The summed E-state index contributed by atoms with van der Waals surface area (Å²) < 4.78 is 30.2. The molecule has 0 aliphatic carbocycles. The Balaban J connectivity index is 0.000000310. The summed E-state index contributed by atoms with van der Waals surface area (Å²) in [6, 6.07) is 8.19. The lowest BCUT2D eigenvalue weighted by atomic mass is 10.2. The van der Waals surface area contributed by atoms with Crippen LogP contribution in [0.25, 0.3) is 0 Å². The van der Waals surface area contributed by atoms with E-state index in [1.807, 2.05) is 12.1 Å². The highest BCUT2D eigenvalue weighted by Gasteiger charge is 1.87. The fourth-order valence-electron chi connectivity index (χ4n) is 0.664. The van der Waals surface area contributed by atoms with Crippen LogP contribution in [0.3, 0.4) is 0 Å². The largest absolute Gasteiger partial charge is 0.379 e. The lowest BCUT2D eigenvalue weighted by Gasteiger charge is -1.94. The average molecular weight is 303 g/mol. The third-order valence-electron chi connectivity index (χ3n) is 1.12. The maximum Gasteiger partial charge on any atom is 0.379 e. The molecule has 0 bridgehead atoms. The zero-order valence-electron chi connectivity index (χ0n) is 6.68. The first-order chi connectivity index (χ1) is 6.06. The normalized spacial score (nSPS) is 9.38. The van der Waals surface area contributed by atoms with Crippen LogP contribution in [-0.4, -0.2) is 6.68 Å². The van der Waals surface area contributed by atoms with Gasteiger partial charge in [0.05, 0.1) is 0 Å². The molecule has 0 unspecified atom stereocenters. The third-order valence-corrected chi connectivity index (χ3v) is 1.80. The molecule has 74 valence electrons.